The van der Waals surface area contributed by atoms with Crippen LogP contribution in [0.3, 0.4) is 0 Å². The van der Waals surface area contributed by atoms with E-state index >= 15 is 0 Å². The molecule has 5 heteroatoms. The number of rotatable bonds is 5. The molecule has 1 N–H and O–H groups in total. The zero-order chi connectivity index (χ0) is 15.4. The van der Waals surface area contributed by atoms with Crippen LogP contribution in [-0.2, 0) is 13.2 Å². The lowest BCUT2D eigenvalue weighted by atomic mass is 10.1. The van der Waals surface area contributed by atoms with Gasteiger partial charge < -0.3 is 9.84 Å². The highest BCUT2D eigenvalue weighted by Gasteiger charge is 2.17. The van der Waals surface area contributed by atoms with Crippen molar-refractivity contribution in [3.8, 4) is 5.75 Å². The van der Waals surface area contributed by atoms with E-state index < -0.39 is 0 Å². The molecule has 0 radical (unpaired) electrons. The summed E-state index contributed by atoms with van der Waals surface area (Å²) < 4.78 is 5.77. The number of thiazole rings is 1. The number of hydrogen-bond acceptors (Lipinski definition) is 5. The van der Waals surface area contributed by atoms with E-state index in [0.29, 0.717) is 6.61 Å². The van der Waals surface area contributed by atoms with E-state index in [1.807, 2.05) is 24.3 Å². The summed E-state index contributed by atoms with van der Waals surface area (Å²) in [6, 6.07) is 8.08. The molecule has 0 amide bonds. The van der Waals surface area contributed by atoms with E-state index in [1.54, 1.807) is 11.3 Å². The molecule has 0 saturated carbocycles. The number of hydrogen-bond donors (Lipinski definition) is 1. The number of benzene rings is 1. The summed E-state index contributed by atoms with van der Waals surface area (Å²) >= 11 is 1.65. The van der Waals surface area contributed by atoms with Gasteiger partial charge in [-0.1, -0.05) is 17.7 Å². The van der Waals surface area contributed by atoms with Crippen molar-refractivity contribution in [2.24, 2.45) is 0 Å². The van der Waals surface area contributed by atoms with Gasteiger partial charge in [0.2, 0.25) is 0 Å². The number of ether oxygens (including phenoxy) is 1. The van der Waals surface area contributed by atoms with Crippen molar-refractivity contribution in [1.29, 1.82) is 0 Å². The van der Waals surface area contributed by atoms with Gasteiger partial charge in [-0.15, -0.1) is 11.3 Å². The Balaban J connectivity index is 1.49. The van der Waals surface area contributed by atoms with Gasteiger partial charge in [-0.05, 0) is 31.9 Å². The van der Waals surface area contributed by atoms with E-state index in [2.05, 4.69) is 22.2 Å². The van der Waals surface area contributed by atoms with Crippen LogP contribution < -0.4 is 4.74 Å². The summed E-state index contributed by atoms with van der Waals surface area (Å²) in [6.07, 6.45) is 1.62. The maximum atomic E-state index is 9.54. The van der Waals surface area contributed by atoms with Crippen LogP contribution in [0.25, 0.3) is 0 Å². The monoisotopic (exact) mass is 318 g/mol. The Bertz CT molecular complexity index is 589. The minimum absolute atomic E-state index is 0.120. The summed E-state index contributed by atoms with van der Waals surface area (Å²) in [7, 11) is 0. The second kappa shape index (κ2) is 7.22. The van der Waals surface area contributed by atoms with Crippen LogP contribution in [0, 0.1) is 6.92 Å². The van der Waals surface area contributed by atoms with Gasteiger partial charge in [-0.2, -0.15) is 0 Å². The fourth-order valence-corrected chi connectivity index (χ4v) is 3.27. The maximum Gasteiger partial charge on any atom is 0.140 e. The van der Waals surface area contributed by atoms with Crippen LogP contribution in [0.15, 0.2) is 29.6 Å². The third-order valence-corrected chi connectivity index (χ3v) is 4.80. The Morgan fingerprint density at radius 1 is 1.27 bits per heavy atom. The fourth-order valence-electron chi connectivity index (χ4n) is 2.57. The van der Waals surface area contributed by atoms with E-state index in [-0.39, 0.29) is 6.10 Å². The average Bonchev–Trinajstić information content (AvgIpc) is 2.97. The standard InChI is InChI=1S/C17H22N2O2S/c1-13-2-4-16(5-3-13)21-11-17-18-14(12-22-17)10-19-8-6-15(20)7-9-19/h2-5,12,15,20H,6-11H2,1H3. The highest BCUT2D eigenvalue weighted by Crippen LogP contribution is 2.18. The molecule has 0 spiro atoms. The van der Waals surface area contributed by atoms with Crippen molar-refractivity contribution >= 4 is 11.3 Å². The minimum Gasteiger partial charge on any atom is -0.486 e. The second-order valence-corrected chi connectivity index (χ2v) is 6.78. The van der Waals surface area contributed by atoms with Crippen LogP contribution in [0.2, 0.25) is 0 Å². The smallest absolute Gasteiger partial charge is 0.140 e. The number of aliphatic hydroxyl groups is 1. The van der Waals surface area contributed by atoms with Crippen molar-refractivity contribution in [1.82, 2.24) is 9.88 Å². The molecule has 0 unspecified atom stereocenters. The third-order valence-electron chi connectivity index (χ3n) is 3.93. The fraction of sp³-hybridized carbons (Fsp3) is 0.471. The zero-order valence-corrected chi connectivity index (χ0v) is 13.7. The van der Waals surface area contributed by atoms with E-state index in [4.69, 9.17) is 4.74 Å². The first kappa shape index (κ1) is 15.5. The van der Waals surface area contributed by atoms with Crippen LogP contribution in [-0.4, -0.2) is 34.2 Å². The van der Waals surface area contributed by atoms with E-state index in [1.165, 1.54) is 5.56 Å². The molecule has 1 aliphatic heterocycles. The SMILES string of the molecule is Cc1ccc(OCc2nc(CN3CCC(O)CC3)cs2)cc1. The largest absolute Gasteiger partial charge is 0.486 e. The summed E-state index contributed by atoms with van der Waals surface area (Å²) in [5, 5.41) is 12.7. The molecule has 1 aliphatic rings. The van der Waals surface area contributed by atoms with Gasteiger partial charge in [0.1, 0.15) is 17.4 Å². The highest BCUT2D eigenvalue weighted by molar-refractivity contribution is 7.09. The number of likely N-dealkylation sites (tertiary alicyclic amines) is 1. The normalized spacial score (nSPS) is 16.8. The molecule has 2 aromatic rings. The maximum absolute atomic E-state index is 9.54. The summed E-state index contributed by atoms with van der Waals surface area (Å²) in [6.45, 7) is 5.36. The average molecular weight is 318 g/mol. The zero-order valence-electron chi connectivity index (χ0n) is 12.9. The predicted molar refractivity (Wildman–Crippen MR) is 88.1 cm³/mol. The highest BCUT2D eigenvalue weighted by atomic mass is 32.1. The first-order valence-electron chi connectivity index (χ1n) is 7.72. The predicted octanol–water partition coefficient (Wildman–Crippen LogP) is 2.99. The van der Waals surface area contributed by atoms with Crippen molar-refractivity contribution in [3.63, 3.8) is 0 Å². The molecule has 1 fully saturated rings. The Kier molecular flexibility index (Phi) is 5.08. The molecular formula is C17H22N2O2S. The van der Waals surface area contributed by atoms with Crippen molar-refractivity contribution < 1.29 is 9.84 Å². The van der Waals surface area contributed by atoms with Gasteiger partial charge in [0.05, 0.1) is 11.8 Å². The van der Waals surface area contributed by atoms with Gasteiger partial charge in [0, 0.05) is 25.0 Å². The molecule has 0 bridgehead atoms. The lowest BCUT2D eigenvalue weighted by molar-refractivity contribution is 0.0787. The Hall–Kier alpha value is -1.43. The Labute approximate surface area is 135 Å². The molecule has 118 valence electrons. The lowest BCUT2D eigenvalue weighted by Gasteiger charge is -2.28. The molecule has 0 atom stereocenters. The molecule has 1 aromatic heterocycles. The van der Waals surface area contributed by atoms with E-state index in [0.717, 1.165) is 48.9 Å². The van der Waals surface area contributed by atoms with Crippen LogP contribution >= 0.6 is 11.3 Å². The third kappa shape index (κ3) is 4.29. The summed E-state index contributed by atoms with van der Waals surface area (Å²) in [5.74, 6) is 0.882. The number of aryl methyl sites for hydroxylation is 1. The topological polar surface area (TPSA) is 45.6 Å². The van der Waals surface area contributed by atoms with Gasteiger partial charge in [0.15, 0.2) is 0 Å². The van der Waals surface area contributed by atoms with Crippen LogP contribution in [0.1, 0.15) is 29.1 Å². The molecule has 4 nitrogen and oxygen atoms in total. The first-order chi connectivity index (χ1) is 10.7. The van der Waals surface area contributed by atoms with E-state index in [9.17, 15) is 5.11 Å². The van der Waals surface area contributed by atoms with Gasteiger partial charge >= 0.3 is 0 Å². The van der Waals surface area contributed by atoms with Crippen molar-refractivity contribution in [3.05, 3.63) is 45.9 Å². The molecule has 3 rings (SSSR count). The first-order valence-corrected chi connectivity index (χ1v) is 8.60. The molecule has 1 aromatic carbocycles. The van der Waals surface area contributed by atoms with Gasteiger partial charge in [0.25, 0.3) is 0 Å². The van der Waals surface area contributed by atoms with Gasteiger partial charge in [-0.3, -0.25) is 4.90 Å². The summed E-state index contributed by atoms with van der Waals surface area (Å²) in [5.41, 5.74) is 2.33. The van der Waals surface area contributed by atoms with Crippen LogP contribution in [0.5, 0.6) is 5.75 Å². The minimum atomic E-state index is -0.120. The Morgan fingerprint density at radius 2 is 2.00 bits per heavy atom. The van der Waals surface area contributed by atoms with Crippen molar-refractivity contribution in [2.45, 2.75) is 39.0 Å². The number of nitrogens with zero attached hydrogens (tertiary/aromatic N) is 2. The quantitative estimate of drug-likeness (QED) is 0.920. The Morgan fingerprint density at radius 3 is 2.73 bits per heavy atom. The number of aliphatic hydroxyl groups excluding tert-OH is 1. The number of piperidine rings is 1. The van der Waals surface area contributed by atoms with Gasteiger partial charge in [-0.25, -0.2) is 4.98 Å². The molecule has 2 heterocycles. The number of aromatic nitrogens is 1. The molecule has 22 heavy (non-hydrogen) atoms. The molecular weight excluding hydrogens is 296 g/mol. The molecule has 1 saturated heterocycles. The second-order valence-electron chi connectivity index (χ2n) is 5.84. The summed E-state index contributed by atoms with van der Waals surface area (Å²) in [4.78, 5) is 7.00. The van der Waals surface area contributed by atoms with Crippen LogP contribution in [0.4, 0.5) is 0 Å². The lowest BCUT2D eigenvalue weighted by Crippen LogP contribution is -2.35. The molecule has 0 aliphatic carbocycles. The van der Waals surface area contributed by atoms with Crippen molar-refractivity contribution in [2.75, 3.05) is 13.1 Å².